The summed E-state index contributed by atoms with van der Waals surface area (Å²) in [5.74, 6) is -3.79. The molecule has 0 radical (unpaired) electrons. The molecule has 0 aliphatic heterocycles. The van der Waals surface area contributed by atoms with Crippen LogP contribution in [0.3, 0.4) is 0 Å². The SMILES string of the molecule is Nc1ccc(N=Nc2c(S(=O)(=O)O)cc3c(c2N)C(=O)/C(=N/N=C2\C=CC(=O)C(C(=O)O)=C2)C(S(=O)(=O)O)=C3NNc2ccccc2)cc1. The van der Waals surface area contributed by atoms with Crippen molar-refractivity contribution >= 4 is 83.3 Å². The Labute approximate surface area is 276 Å². The van der Waals surface area contributed by atoms with E-state index >= 15 is 0 Å². The number of azo groups is 1. The number of ketones is 2. The summed E-state index contributed by atoms with van der Waals surface area (Å²) in [6.45, 7) is 0. The first-order chi connectivity index (χ1) is 23.1. The normalized spacial score (nSPS) is 16.7. The first-order valence-electron chi connectivity index (χ1n) is 13.4. The molecule has 49 heavy (non-hydrogen) atoms. The first-order valence-corrected chi connectivity index (χ1v) is 16.3. The van der Waals surface area contributed by atoms with Gasteiger partial charge in [-0.25, -0.2) is 4.79 Å². The molecule has 0 atom stereocenters. The summed E-state index contributed by atoms with van der Waals surface area (Å²) < 4.78 is 71.5. The van der Waals surface area contributed by atoms with Crippen LogP contribution in [0.2, 0.25) is 0 Å². The molecule has 0 bridgehead atoms. The number of carboxylic acids is 1. The highest BCUT2D eigenvalue weighted by Crippen LogP contribution is 2.43. The van der Waals surface area contributed by atoms with E-state index in [1.807, 2.05) is 0 Å². The van der Waals surface area contributed by atoms with Gasteiger partial charge >= 0.3 is 5.97 Å². The van der Waals surface area contributed by atoms with E-state index in [0.29, 0.717) is 17.4 Å². The summed E-state index contributed by atoms with van der Waals surface area (Å²) in [7, 11) is -10.6. The predicted octanol–water partition coefficient (Wildman–Crippen LogP) is 2.83. The maximum absolute atomic E-state index is 14.0. The van der Waals surface area contributed by atoms with Crippen LogP contribution in [0.25, 0.3) is 5.70 Å². The molecule has 0 amide bonds. The van der Waals surface area contributed by atoms with Crippen LogP contribution in [0.15, 0.2) is 115 Å². The van der Waals surface area contributed by atoms with Gasteiger partial charge in [-0.2, -0.15) is 27.1 Å². The van der Waals surface area contributed by atoms with Gasteiger partial charge in [0.2, 0.25) is 5.78 Å². The average Bonchev–Trinajstić information content (AvgIpc) is 3.03. The minimum atomic E-state index is -5.44. The molecular formula is C29H22N8O10S2. The van der Waals surface area contributed by atoms with Crippen molar-refractivity contribution in [3.05, 3.63) is 100 Å². The quantitative estimate of drug-likeness (QED) is 0.0420. The molecule has 0 fully saturated rings. The fourth-order valence-electron chi connectivity index (χ4n) is 4.50. The van der Waals surface area contributed by atoms with Gasteiger partial charge in [-0.3, -0.25) is 24.1 Å². The molecule has 0 spiro atoms. The molecule has 0 unspecified atom stereocenters. The van der Waals surface area contributed by atoms with E-state index in [2.05, 4.69) is 31.3 Å². The maximum atomic E-state index is 14.0. The highest BCUT2D eigenvalue weighted by molar-refractivity contribution is 7.91. The summed E-state index contributed by atoms with van der Waals surface area (Å²) in [6, 6.07) is 14.4. The van der Waals surface area contributed by atoms with Crippen LogP contribution >= 0.6 is 0 Å². The van der Waals surface area contributed by atoms with E-state index in [1.165, 1.54) is 36.4 Å². The van der Waals surface area contributed by atoms with E-state index in [9.17, 15) is 45.4 Å². The number of anilines is 3. The van der Waals surface area contributed by atoms with Crippen LogP contribution in [0.1, 0.15) is 15.9 Å². The number of aliphatic carboxylic acids is 1. The second-order valence-electron chi connectivity index (χ2n) is 9.98. The highest BCUT2D eigenvalue weighted by Gasteiger charge is 2.41. The molecule has 0 aromatic heterocycles. The molecule has 18 nitrogen and oxygen atoms in total. The number of nitrogens with zero attached hydrogens (tertiary/aromatic N) is 4. The number of hydrazine groups is 1. The monoisotopic (exact) mass is 706 g/mol. The van der Waals surface area contributed by atoms with Gasteiger partial charge in [-0.05, 0) is 60.7 Å². The number of rotatable bonds is 9. The lowest BCUT2D eigenvalue weighted by atomic mass is 9.90. The largest absolute Gasteiger partial charge is 0.478 e. The predicted molar refractivity (Wildman–Crippen MR) is 176 cm³/mol. The van der Waals surface area contributed by atoms with Gasteiger partial charge in [0, 0.05) is 11.3 Å². The van der Waals surface area contributed by atoms with Gasteiger partial charge < -0.3 is 22.0 Å². The molecule has 5 rings (SSSR count). The minimum Gasteiger partial charge on any atom is -0.478 e. The zero-order valence-electron chi connectivity index (χ0n) is 24.5. The number of benzene rings is 3. The Morgan fingerprint density at radius 3 is 2.10 bits per heavy atom. The zero-order chi connectivity index (χ0) is 35.7. The Hall–Kier alpha value is -6.35. The Balaban J connectivity index is 1.81. The number of Topliss-reactive ketones (excluding diaryl/α,β-unsaturated/α-hetero) is 1. The molecule has 2 aliphatic rings. The number of carboxylic acid groups (broad SMARTS) is 1. The van der Waals surface area contributed by atoms with Crippen LogP contribution in [0.4, 0.5) is 28.4 Å². The lowest BCUT2D eigenvalue weighted by Crippen LogP contribution is -2.35. The molecule has 3 aromatic carbocycles. The van der Waals surface area contributed by atoms with Crippen LogP contribution in [0, 0.1) is 0 Å². The number of nitrogen functional groups attached to an aromatic ring is 2. The van der Waals surface area contributed by atoms with E-state index in [-0.39, 0.29) is 11.4 Å². The van der Waals surface area contributed by atoms with Crippen molar-refractivity contribution in [2.45, 2.75) is 4.90 Å². The lowest BCUT2D eigenvalue weighted by Gasteiger charge is -2.25. The molecule has 0 saturated heterocycles. The van der Waals surface area contributed by atoms with E-state index in [1.54, 1.807) is 18.2 Å². The number of para-hydroxylation sites is 1. The topological polar surface area (TPSA) is 306 Å². The maximum Gasteiger partial charge on any atom is 0.339 e. The third-order valence-electron chi connectivity index (χ3n) is 6.72. The summed E-state index contributed by atoms with van der Waals surface area (Å²) >= 11 is 0. The number of hydrogen-bond donors (Lipinski definition) is 7. The van der Waals surface area contributed by atoms with E-state index < -0.39 is 87.1 Å². The van der Waals surface area contributed by atoms with Crippen molar-refractivity contribution < 1.29 is 45.4 Å². The smallest absolute Gasteiger partial charge is 0.339 e. The third-order valence-corrected chi connectivity index (χ3v) is 8.50. The highest BCUT2D eigenvalue weighted by atomic mass is 32.2. The summed E-state index contributed by atoms with van der Waals surface area (Å²) in [6.07, 6.45) is 2.70. The molecule has 9 N–H and O–H groups in total. The van der Waals surface area contributed by atoms with Crippen LogP contribution in [0.5, 0.6) is 0 Å². The Kier molecular flexibility index (Phi) is 9.05. The first kappa shape index (κ1) is 34.0. The molecular weight excluding hydrogens is 684 g/mol. The van der Waals surface area contributed by atoms with Crippen molar-refractivity contribution in [2.24, 2.45) is 20.4 Å². The number of carbonyl (C=O) groups excluding carboxylic acids is 2. The summed E-state index contributed by atoms with van der Waals surface area (Å²) in [5, 5.41) is 24.5. The number of carbonyl (C=O) groups is 3. The van der Waals surface area contributed by atoms with Crippen molar-refractivity contribution in [1.29, 1.82) is 0 Å². The molecule has 0 heterocycles. The number of allylic oxidation sites excluding steroid dienone is 4. The van der Waals surface area contributed by atoms with Crippen LogP contribution in [-0.4, -0.2) is 60.0 Å². The molecule has 0 saturated carbocycles. The van der Waals surface area contributed by atoms with Crippen molar-refractivity contribution in [3.8, 4) is 0 Å². The number of nitrogens with one attached hydrogen (secondary N) is 2. The van der Waals surface area contributed by atoms with E-state index in [0.717, 1.165) is 18.2 Å². The van der Waals surface area contributed by atoms with Crippen molar-refractivity contribution in [3.63, 3.8) is 0 Å². The Morgan fingerprint density at radius 1 is 0.816 bits per heavy atom. The molecule has 250 valence electrons. The van der Waals surface area contributed by atoms with Crippen molar-refractivity contribution in [1.82, 2.24) is 5.43 Å². The Bertz CT molecular complexity index is 2350. The minimum absolute atomic E-state index is 0.160. The summed E-state index contributed by atoms with van der Waals surface area (Å²) in [5.41, 5.74) is 12.7. The second-order valence-corrected chi connectivity index (χ2v) is 12.7. The third kappa shape index (κ3) is 7.16. The van der Waals surface area contributed by atoms with Crippen LogP contribution in [-0.2, 0) is 29.8 Å². The fraction of sp³-hybridized carbons (Fsp3) is 0. The Morgan fingerprint density at radius 2 is 1.49 bits per heavy atom. The van der Waals surface area contributed by atoms with Gasteiger partial charge in [0.05, 0.1) is 34.0 Å². The molecule has 2 aliphatic carbocycles. The van der Waals surface area contributed by atoms with Crippen LogP contribution < -0.4 is 22.3 Å². The van der Waals surface area contributed by atoms with Gasteiger partial charge in [-0.15, -0.1) is 10.2 Å². The lowest BCUT2D eigenvalue weighted by molar-refractivity contribution is -0.134. The van der Waals surface area contributed by atoms with Gasteiger partial charge in [0.15, 0.2) is 16.4 Å². The number of nitrogens with two attached hydrogens (primary N) is 2. The number of hydrogen-bond acceptors (Lipinski definition) is 15. The second kappa shape index (κ2) is 13.0. The average molecular weight is 707 g/mol. The van der Waals surface area contributed by atoms with Gasteiger partial charge in [0.1, 0.15) is 16.2 Å². The standard InChI is InChI=1S/C29H22N8O10S2/c30-14-6-8-16(9-7-14)33-36-25-21(48(42,43)44)13-19-22(23(25)31)27(39)26(37-34-17-10-11-20(38)18(12-17)29(40)41)28(49(45,46)47)24(19)35-32-15-4-2-1-3-5-15/h1-13,32,35H,30-31H2,(H,40,41)(H,42,43,44)(H,45,46,47)/b34-17+,36-33?,37-26-. The summed E-state index contributed by atoms with van der Waals surface area (Å²) in [4.78, 5) is 35.2. The van der Waals surface area contributed by atoms with Gasteiger partial charge in [0.25, 0.3) is 20.2 Å². The molecule has 3 aromatic rings. The molecule has 20 heteroatoms. The van der Waals surface area contributed by atoms with Crippen molar-refractivity contribution in [2.75, 3.05) is 16.9 Å². The van der Waals surface area contributed by atoms with E-state index in [4.69, 9.17) is 11.5 Å². The fourth-order valence-corrected chi connectivity index (χ4v) is 5.96. The van der Waals surface area contributed by atoms with Gasteiger partial charge in [-0.1, -0.05) is 18.2 Å². The number of fused-ring (bicyclic) bond motifs is 1. The zero-order valence-corrected chi connectivity index (χ0v) is 26.1.